The number of carboxylic acid groups (broad SMARTS) is 1. The van der Waals surface area contributed by atoms with Crippen molar-refractivity contribution in [1.82, 2.24) is 0 Å². The lowest BCUT2D eigenvalue weighted by Crippen LogP contribution is -2.13. The van der Waals surface area contributed by atoms with Gasteiger partial charge < -0.3 is 10.2 Å². The van der Waals surface area contributed by atoms with Gasteiger partial charge in [-0.1, -0.05) is 25.2 Å². The first-order chi connectivity index (χ1) is 6.69. The van der Waals surface area contributed by atoms with Crippen LogP contribution in [-0.2, 0) is 4.79 Å². The van der Waals surface area contributed by atoms with Gasteiger partial charge in [-0.15, -0.1) is 6.58 Å². The molecule has 0 aliphatic carbocycles. The molecule has 0 saturated carbocycles. The van der Waals surface area contributed by atoms with Crippen molar-refractivity contribution in [3.63, 3.8) is 0 Å². The second kappa shape index (κ2) is 8.24. The number of aliphatic carboxylic acids is 1. The molecule has 0 saturated heterocycles. The van der Waals surface area contributed by atoms with Gasteiger partial charge in [-0.2, -0.15) is 0 Å². The number of hydrogen-bond donors (Lipinski definition) is 2. The Morgan fingerprint density at radius 3 is 2.20 bits per heavy atom. The Kier molecular flexibility index (Phi) is 8.98. The zero-order chi connectivity index (χ0) is 12.5. The predicted molar refractivity (Wildman–Crippen MR) is 62.7 cm³/mol. The molecule has 0 aliphatic heterocycles. The van der Waals surface area contributed by atoms with Crippen molar-refractivity contribution in [2.24, 2.45) is 5.92 Å². The van der Waals surface area contributed by atoms with E-state index in [4.69, 9.17) is 9.90 Å². The van der Waals surface area contributed by atoms with Gasteiger partial charge >= 0.3 is 0 Å². The van der Waals surface area contributed by atoms with Crippen molar-refractivity contribution in [3.05, 3.63) is 24.8 Å². The largest absolute Gasteiger partial charge is 0.481 e. The molecular weight excluding hydrogens is 192 g/mol. The fraction of sp³-hybridized carbons (Fsp3) is 0.583. The van der Waals surface area contributed by atoms with Gasteiger partial charge in [0.15, 0.2) is 0 Å². The Hall–Kier alpha value is -1.09. The molecule has 0 rings (SSSR count). The summed E-state index contributed by atoms with van der Waals surface area (Å²) in [4.78, 5) is 9.00. The van der Waals surface area contributed by atoms with Crippen LogP contribution in [0.2, 0.25) is 0 Å². The highest BCUT2D eigenvalue weighted by Gasteiger charge is 2.05. The third kappa shape index (κ3) is 24.6. The number of hydrogen-bond acceptors (Lipinski definition) is 2. The summed E-state index contributed by atoms with van der Waals surface area (Å²) in [6, 6.07) is 0. The van der Waals surface area contributed by atoms with E-state index in [0.29, 0.717) is 5.92 Å². The van der Waals surface area contributed by atoms with Gasteiger partial charge in [0, 0.05) is 6.92 Å². The minimum Gasteiger partial charge on any atom is -0.481 e. The van der Waals surface area contributed by atoms with E-state index in [1.165, 1.54) is 0 Å². The summed E-state index contributed by atoms with van der Waals surface area (Å²) >= 11 is 0. The standard InChI is InChI=1S/C10H18O.C2H4O2/c1-5-9(2)7-6-8-10(3,4)11;1-2(3)4/h5-6,8-9,11H,1,7H2,2-4H3;1H3,(H,3,4). The number of carboxylic acids is 1. The van der Waals surface area contributed by atoms with Crippen LogP contribution in [0.3, 0.4) is 0 Å². The van der Waals surface area contributed by atoms with E-state index < -0.39 is 11.6 Å². The summed E-state index contributed by atoms with van der Waals surface area (Å²) in [7, 11) is 0. The molecule has 0 amide bonds. The molecular formula is C12H22O3. The zero-order valence-corrected chi connectivity index (χ0v) is 10.0. The fourth-order valence-electron chi connectivity index (χ4n) is 0.667. The summed E-state index contributed by atoms with van der Waals surface area (Å²) in [5, 5.41) is 16.7. The maximum absolute atomic E-state index is 9.29. The van der Waals surface area contributed by atoms with E-state index in [2.05, 4.69) is 13.5 Å². The van der Waals surface area contributed by atoms with E-state index in [1.807, 2.05) is 18.2 Å². The van der Waals surface area contributed by atoms with E-state index in [0.717, 1.165) is 13.3 Å². The van der Waals surface area contributed by atoms with Crippen LogP contribution in [0.25, 0.3) is 0 Å². The number of carbonyl (C=O) groups is 1. The maximum Gasteiger partial charge on any atom is 0.300 e. The SMILES string of the molecule is C=CC(C)CC=CC(C)(C)O.CC(=O)O. The van der Waals surface area contributed by atoms with Gasteiger partial charge in [-0.05, 0) is 26.2 Å². The zero-order valence-electron chi connectivity index (χ0n) is 10.0. The smallest absolute Gasteiger partial charge is 0.300 e. The summed E-state index contributed by atoms with van der Waals surface area (Å²) in [5.41, 5.74) is -0.680. The quantitative estimate of drug-likeness (QED) is 0.707. The van der Waals surface area contributed by atoms with Crippen LogP contribution in [0, 0.1) is 5.92 Å². The minimum absolute atomic E-state index is 0.494. The van der Waals surface area contributed by atoms with Crippen LogP contribution in [-0.4, -0.2) is 21.8 Å². The highest BCUT2D eigenvalue weighted by molar-refractivity contribution is 5.62. The molecule has 0 aromatic heterocycles. The molecule has 0 fully saturated rings. The van der Waals surface area contributed by atoms with E-state index >= 15 is 0 Å². The summed E-state index contributed by atoms with van der Waals surface area (Å²) in [5.74, 6) is -0.339. The van der Waals surface area contributed by atoms with Crippen LogP contribution >= 0.6 is 0 Å². The summed E-state index contributed by atoms with van der Waals surface area (Å²) in [6.45, 7) is 10.4. The fourth-order valence-corrected chi connectivity index (χ4v) is 0.667. The van der Waals surface area contributed by atoms with Crippen molar-refractivity contribution < 1.29 is 15.0 Å². The molecule has 88 valence electrons. The molecule has 2 N–H and O–H groups in total. The van der Waals surface area contributed by atoms with Crippen molar-refractivity contribution in [3.8, 4) is 0 Å². The van der Waals surface area contributed by atoms with Crippen LogP contribution in [0.4, 0.5) is 0 Å². The molecule has 1 unspecified atom stereocenters. The normalized spacial score (nSPS) is 12.9. The molecule has 0 bridgehead atoms. The molecule has 15 heavy (non-hydrogen) atoms. The highest BCUT2D eigenvalue weighted by atomic mass is 16.4. The Bertz CT molecular complexity index is 207. The lowest BCUT2D eigenvalue weighted by atomic mass is 10.0. The maximum atomic E-state index is 9.29. The first kappa shape index (κ1) is 16.3. The molecule has 1 atom stereocenters. The van der Waals surface area contributed by atoms with Gasteiger partial charge in [-0.3, -0.25) is 4.79 Å². The molecule has 0 heterocycles. The van der Waals surface area contributed by atoms with Crippen LogP contribution in [0.1, 0.15) is 34.1 Å². The van der Waals surface area contributed by atoms with Crippen molar-refractivity contribution in [1.29, 1.82) is 0 Å². The average Bonchev–Trinajstić information content (AvgIpc) is 2.00. The topological polar surface area (TPSA) is 57.5 Å². The molecule has 0 radical (unpaired) electrons. The van der Waals surface area contributed by atoms with Gasteiger partial charge in [0.05, 0.1) is 5.60 Å². The van der Waals surface area contributed by atoms with Crippen LogP contribution in [0.15, 0.2) is 24.8 Å². The lowest BCUT2D eigenvalue weighted by molar-refractivity contribution is -0.134. The molecule has 3 nitrogen and oxygen atoms in total. The Labute approximate surface area is 92.1 Å². The molecule has 0 spiro atoms. The van der Waals surface area contributed by atoms with Crippen LogP contribution in [0.5, 0.6) is 0 Å². The van der Waals surface area contributed by atoms with Crippen molar-refractivity contribution >= 4 is 5.97 Å². The first-order valence-corrected chi connectivity index (χ1v) is 4.91. The molecule has 3 heteroatoms. The number of rotatable bonds is 4. The second-order valence-corrected chi connectivity index (χ2v) is 4.02. The Morgan fingerprint density at radius 2 is 1.93 bits per heavy atom. The van der Waals surface area contributed by atoms with E-state index in [9.17, 15) is 5.11 Å². The van der Waals surface area contributed by atoms with Crippen molar-refractivity contribution in [2.45, 2.75) is 39.7 Å². The third-order valence-corrected chi connectivity index (χ3v) is 1.44. The van der Waals surface area contributed by atoms with Gasteiger partial charge in [-0.25, -0.2) is 0 Å². The molecule has 0 aromatic rings. The van der Waals surface area contributed by atoms with E-state index in [-0.39, 0.29) is 0 Å². The first-order valence-electron chi connectivity index (χ1n) is 4.91. The molecule has 0 aliphatic rings. The monoisotopic (exact) mass is 214 g/mol. The number of allylic oxidation sites excluding steroid dienone is 2. The Morgan fingerprint density at radius 1 is 1.53 bits per heavy atom. The summed E-state index contributed by atoms with van der Waals surface area (Å²) < 4.78 is 0. The van der Waals surface area contributed by atoms with Crippen molar-refractivity contribution in [2.75, 3.05) is 0 Å². The lowest BCUT2D eigenvalue weighted by Gasteiger charge is -2.10. The van der Waals surface area contributed by atoms with Gasteiger partial charge in [0.1, 0.15) is 0 Å². The van der Waals surface area contributed by atoms with E-state index in [1.54, 1.807) is 13.8 Å². The summed E-state index contributed by atoms with van der Waals surface area (Å²) in [6.07, 6.45) is 6.67. The van der Waals surface area contributed by atoms with Gasteiger partial charge in [0.2, 0.25) is 0 Å². The van der Waals surface area contributed by atoms with Crippen LogP contribution < -0.4 is 0 Å². The van der Waals surface area contributed by atoms with Gasteiger partial charge in [0.25, 0.3) is 5.97 Å². The third-order valence-electron chi connectivity index (χ3n) is 1.44. The molecule has 0 aromatic carbocycles. The Balaban J connectivity index is 0. The predicted octanol–water partition coefficient (Wildman–Crippen LogP) is 2.62. The second-order valence-electron chi connectivity index (χ2n) is 4.02. The minimum atomic E-state index is -0.833. The number of aliphatic hydroxyl groups is 1. The average molecular weight is 214 g/mol. The highest BCUT2D eigenvalue weighted by Crippen LogP contribution is 2.07.